The minimum Gasteiger partial charge on any atom is -0.493 e. The SMILES string of the molecule is COc1cccc2c1OC[C@H](Nc1nccnc1C#N)C2. The van der Waals surface area contributed by atoms with Crippen LogP contribution in [-0.4, -0.2) is 29.7 Å². The van der Waals surface area contributed by atoms with Crippen molar-refractivity contribution in [3.05, 3.63) is 41.9 Å². The predicted molar refractivity (Wildman–Crippen MR) is 76.4 cm³/mol. The Morgan fingerprint density at radius 3 is 3.05 bits per heavy atom. The van der Waals surface area contributed by atoms with E-state index in [1.165, 1.54) is 6.20 Å². The molecule has 0 saturated carbocycles. The number of nitrogens with one attached hydrogen (secondary N) is 1. The lowest BCUT2D eigenvalue weighted by molar-refractivity contribution is 0.256. The molecule has 1 aromatic carbocycles. The molecule has 21 heavy (non-hydrogen) atoms. The van der Waals surface area contributed by atoms with Crippen LogP contribution in [0.25, 0.3) is 0 Å². The Bertz CT molecular complexity index is 696. The van der Waals surface area contributed by atoms with Gasteiger partial charge in [-0.25, -0.2) is 9.97 Å². The molecule has 0 bridgehead atoms. The molecule has 0 radical (unpaired) electrons. The minimum absolute atomic E-state index is 0.0356. The van der Waals surface area contributed by atoms with Gasteiger partial charge in [0.1, 0.15) is 12.7 Å². The molecular weight excluding hydrogens is 268 g/mol. The van der Waals surface area contributed by atoms with Crippen LogP contribution in [0.3, 0.4) is 0 Å². The number of nitriles is 1. The molecule has 1 N–H and O–H groups in total. The Balaban J connectivity index is 1.80. The number of anilines is 1. The first-order chi connectivity index (χ1) is 10.3. The second kappa shape index (κ2) is 5.67. The van der Waals surface area contributed by atoms with E-state index >= 15 is 0 Å². The van der Waals surface area contributed by atoms with Crippen LogP contribution in [-0.2, 0) is 6.42 Å². The Labute approximate surface area is 122 Å². The monoisotopic (exact) mass is 282 g/mol. The van der Waals surface area contributed by atoms with Gasteiger partial charge in [0.2, 0.25) is 0 Å². The van der Waals surface area contributed by atoms with Gasteiger partial charge >= 0.3 is 0 Å². The Morgan fingerprint density at radius 2 is 2.24 bits per heavy atom. The van der Waals surface area contributed by atoms with Gasteiger partial charge in [-0.15, -0.1) is 0 Å². The summed E-state index contributed by atoms with van der Waals surface area (Å²) < 4.78 is 11.1. The van der Waals surface area contributed by atoms with Gasteiger partial charge in [0.05, 0.1) is 13.2 Å². The number of methoxy groups -OCH3 is 1. The van der Waals surface area contributed by atoms with Crippen LogP contribution in [0.5, 0.6) is 11.5 Å². The summed E-state index contributed by atoms with van der Waals surface area (Å²) in [6.07, 6.45) is 3.83. The summed E-state index contributed by atoms with van der Waals surface area (Å²) in [7, 11) is 1.63. The smallest absolute Gasteiger partial charge is 0.182 e. The highest BCUT2D eigenvalue weighted by molar-refractivity contribution is 5.51. The third-order valence-corrected chi connectivity index (χ3v) is 3.32. The highest BCUT2D eigenvalue weighted by Gasteiger charge is 2.23. The van der Waals surface area contributed by atoms with E-state index in [1.807, 2.05) is 24.3 Å². The van der Waals surface area contributed by atoms with Crippen molar-refractivity contribution in [3.63, 3.8) is 0 Å². The van der Waals surface area contributed by atoms with Crippen molar-refractivity contribution < 1.29 is 9.47 Å². The van der Waals surface area contributed by atoms with Crippen molar-refractivity contribution in [2.24, 2.45) is 0 Å². The van der Waals surface area contributed by atoms with Gasteiger partial charge in [0, 0.05) is 18.0 Å². The van der Waals surface area contributed by atoms with Crippen molar-refractivity contribution in [1.82, 2.24) is 9.97 Å². The molecule has 3 rings (SSSR count). The average molecular weight is 282 g/mol. The number of benzene rings is 1. The summed E-state index contributed by atoms with van der Waals surface area (Å²) in [6.45, 7) is 0.481. The molecule has 6 nitrogen and oxygen atoms in total. The maximum absolute atomic E-state index is 9.03. The van der Waals surface area contributed by atoms with E-state index in [-0.39, 0.29) is 11.7 Å². The van der Waals surface area contributed by atoms with E-state index in [2.05, 4.69) is 15.3 Å². The number of nitrogens with zero attached hydrogens (tertiary/aromatic N) is 3. The van der Waals surface area contributed by atoms with Gasteiger partial charge in [-0.2, -0.15) is 5.26 Å². The van der Waals surface area contributed by atoms with Gasteiger partial charge in [-0.05, 0) is 12.5 Å². The highest BCUT2D eigenvalue weighted by Crippen LogP contribution is 2.35. The fraction of sp³-hybridized carbons (Fsp3) is 0.267. The lowest BCUT2D eigenvalue weighted by Gasteiger charge is -2.27. The maximum Gasteiger partial charge on any atom is 0.182 e. The molecule has 0 amide bonds. The van der Waals surface area contributed by atoms with Crippen LogP contribution in [0.15, 0.2) is 30.6 Å². The third kappa shape index (κ3) is 2.58. The number of rotatable bonds is 3. The molecule has 2 heterocycles. The first-order valence-corrected chi connectivity index (χ1v) is 6.58. The zero-order valence-corrected chi connectivity index (χ0v) is 11.5. The van der Waals surface area contributed by atoms with Gasteiger partial charge in [-0.3, -0.25) is 0 Å². The predicted octanol–water partition coefficient (Wildman–Crippen LogP) is 1.77. The van der Waals surface area contributed by atoms with Crippen LogP contribution in [0, 0.1) is 11.3 Å². The molecule has 2 aromatic rings. The summed E-state index contributed by atoms with van der Waals surface area (Å²) in [5.74, 6) is 2.01. The van der Waals surface area contributed by atoms with Crippen LogP contribution < -0.4 is 14.8 Å². The van der Waals surface area contributed by atoms with Crippen LogP contribution in [0.4, 0.5) is 5.82 Å². The third-order valence-electron chi connectivity index (χ3n) is 3.32. The van der Waals surface area contributed by atoms with Crippen LogP contribution in [0.1, 0.15) is 11.3 Å². The van der Waals surface area contributed by atoms with Crippen molar-refractivity contribution in [2.45, 2.75) is 12.5 Å². The van der Waals surface area contributed by atoms with Crippen LogP contribution in [0.2, 0.25) is 0 Å². The second-order valence-corrected chi connectivity index (χ2v) is 4.67. The molecule has 6 heteroatoms. The van der Waals surface area contributed by atoms with Crippen molar-refractivity contribution in [1.29, 1.82) is 5.26 Å². The van der Waals surface area contributed by atoms with Crippen molar-refractivity contribution in [2.75, 3.05) is 19.0 Å². The normalized spacial score (nSPS) is 16.3. The van der Waals surface area contributed by atoms with E-state index < -0.39 is 0 Å². The Morgan fingerprint density at radius 1 is 1.38 bits per heavy atom. The summed E-state index contributed by atoms with van der Waals surface area (Å²) in [4.78, 5) is 8.14. The molecule has 0 aliphatic carbocycles. The fourth-order valence-electron chi connectivity index (χ4n) is 2.37. The van der Waals surface area contributed by atoms with E-state index in [0.717, 1.165) is 23.5 Å². The molecule has 0 spiro atoms. The topological polar surface area (TPSA) is 80.1 Å². The van der Waals surface area contributed by atoms with Gasteiger partial charge < -0.3 is 14.8 Å². The van der Waals surface area contributed by atoms with E-state index in [0.29, 0.717) is 12.4 Å². The number of para-hydroxylation sites is 1. The quantitative estimate of drug-likeness (QED) is 0.924. The van der Waals surface area contributed by atoms with Crippen LogP contribution >= 0.6 is 0 Å². The summed E-state index contributed by atoms with van der Waals surface area (Å²) in [5, 5.41) is 12.3. The second-order valence-electron chi connectivity index (χ2n) is 4.67. The van der Waals surface area contributed by atoms with Gasteiger partial charge in [0.25, 0.3) is 0 Å². The lowest BCUT2D eigenvalue weighted by Crippen LogP contribution is -2.33. The summed E-state index contributed by atoms with van der Waals surface area (Å²) in [6, 6.07) is 7.88. The fourth-order valence-corrected chi connectivity index (χ4v) is 2.37. The average Bonchev–Trinajstić information content (AvgIpc) is 2.54. The van der Waals surface area contributed by atoms with E-state index in [9.17, 15) is 0 Å². The molecule has 1 aliphatic rings. The number of fused-ring (bicyclic) bond motifs is 1. The number of aromatic nitrogens is 2. The van der Waals surface area contributed by atoms with E-state index in [1.54, 1.807) is 13.3 Å². The minimum atomic E-state index is 0.0356. The number of hydrogen-bond acceptors (Lipinski definition) is 6. The first-order valence-electron chi connectivity index (χ1n) is 6.58. The molecule has 1 atom stereocenters. The molecule has 0 fully saturated rings. The molecule has 1 aromatic heterocycles. The van der Waals surface area contributed by atoms with E-state index in [4.69, 9.17) is 14.7 Å². The molecule has 106 valence electrons. The molecule has 0 saturated heterocycles. The molecule has 0 unspecified atom stereocenters. The van der Waals surface area contributed by atoms with Crippen molar-refractivity contribution >= 4 is 5.82 Å². The Kier molecular flexibility index (Phi) is 3.56. The number of ether oxygens (including phenoxy) is 2. The number of hydrogen-bond donors (Lipinski definition) is 1. The zero-order valence-electron chi connectivity index (χ0n) is 11.5. The zero-order chi connectivity index (χ0) is 14.7. The highest BCUT2D eigenvalue weighted by atomic mass is 16.5. The largest absolute Gasteiger partial charge is 0.493 e. The molecule has 1 aliphatic heterocycles. The standard InChI is InChI=1S/C15H14N4O2/c1-20-13-4-2-3-10-7-11(9-21-14(10)13)19-15-12(8-16)17-5-6-18-15/h2-6,11H,7,9H2,1H3,(H,18,19)/t11-/m1/s1. The van der Waals surface area contributed by atoms with Gasteiger partial charge in [-0.1, -0.05) is 12.1 Å². The Hall–Kier alpha value is -2.81. The maximum atomic E-state index is 9.03. The lowest BCUT2D eigenvalue weighted by atomic mass is 10.0. The summed E-state index contributed by atoms with van der Waals surface area (Å²) in [5.41, 5.74) is 1.36. The first kappa shape index (κ1) is 13.2. The van der Waals surface area contributed by atoms with Gasteiger partial charge in [0.15, 0.2) is 23.0 Å². The molecular formula is C15H14N4O2. The summed E-state index contributed by atoms with van der Waals surface area (Å²) >= 11 is 0. The van der Waals surface area contributed by atoms with Crippen molar-refractivity contribution in [3.8, 4) is 17.6 Å².